The summed E-state index contributed by atoms with van der Waals surface area (Å²) >= 11 is 0. The third-order valence-corrected chi connectivity index (χ3v) is 3.87. The zero-order chi connectivity index (χ0) is 13.8. The summed E-state index contributed by atoms with van der Waals surface area (Å²) in [6.07, 6.45) is 5.60. The number of hydrogen-bond donors (Lipinski definition) is 1. The Bertz CT molecular complexity index is 420. The van der Waals surface area contributed by atoms with Crippen molar-refractivity contribution < 1.29 is 9.84 Å². The summed E-state index contributed by atoms with van der Waals surface area (Å²) in [6, 6.07) is 0. The third-order valence-electron chi connectivity index (χ3n) is 3.87. The number of β-amino-alcohol motifs (C(OH)–C–C–N with tert-alkyl or cyclic N) is 1. The molecule has 2 aliphatic rings. The molecular formula is C14H22N4O2. The lowest BCUT2D eigenvalue weighted by Gasteiger charge is -2.30. The summed E-state index contributed by atoms with van der Waals surface area (Å²) in [5.41, 5.74) is 1.11. The minimum absolute atomic E-state index is 0.183. The minimum atomic E-state index is -0.183. The smallest absolute Gasteiger partial charge is 0.225 e. The predicted molar refractivity (Wildman–Crippen MR) is 75.6 cm³/mol. The van der Waals surface area contributed by atoms with Gasteiger partial charge in [-0.2, -0.15) is 0 Å². The number of nitrogens with zero attached hydrogens (tertiary/aromatic N) is 4. The van der Waals surface area contributed by atoms with Crippen LogP contribution in [0.15, 0.2) is 12.4 Å². The fourth-order valence-electron chi connectivity index (χ4n) is 2.79. The second-order valence-electron chi connectivity index (χ2n) is 5.52. The van der Waals surface area contributed by atoms with Crippen LogP contribution >= 0.6 is 0 Å². The number of rotatable bonds is 3. The van der Waals surface area contributed by atoms with Crippen molar-refractivity contribution in [1.29, 1.82) is 0 Å². The van der Waals surface area contributed by atoms with Crippen molar-refractivity contribution >= 4 is 5.95 Å². The number of aliphatic hydroxyl groups excluding tert-OH is 1. The van der Waals surface area contributed by atoms with Crippen LogP contribution < -0.4 is 4.90 Å². The average molecular weight is 278 g/mol. The van der Waals surface area contributed by atoms with Crippen LogP contribution in [0.4, 0.5) is 5.95 Å². The summed E-state index contributed by atoms with van der Waals surface area (Å²) in [6.45, 7) is 5.83. The minimum Gasteiger partial charge on any atom is -0.392 e. The molecule has 0 aromatic carbocycles. The molecule has 1 unspecified atom stereocenters. The first-order valence-corrected chi connectivity index (χ1v) is 7.35. The van der Waals surface area contributed by atoms with Gasteiger partial charge in [0.15, 0.2) is 0 Å². The van der Waals surface area contributed by atoms with Crippen molar-refractivity contribution in [3.63, 3.8) is 0 Å². The quantitative estimate of drug-likeness (QED) is 0.856. The molecule has 1 N–H and O–H groups in total. The van der Waals surface area contributed by atoms with Crippen LogP contribution in [0.5, 0.6) is 0 Å². The second-order valence-corrected chi connectivity index (χ2v) is 5.52. The van der Waals surface area contributed by atoms with Gasteiger partial charge in [-0.3, -0.25) is 4.90 Å². The summed E-state index contributed by atoms with van der Waals surface area (Å²) in [5, 5.41) is 9.68. The largest absolute Gasteiger partial charge is 0.392 e. The molecule has 0 spiro atoms. The summed E-state index contributed by atoms with van der Waals surface area (Å²) < 4.78 is 5.33. The molecule has 0 bridgehead atoms. The number of likely N-dealkylation sites (tertiary alicyclic amines) is 1. The van der Waals surface area contributed by atoms with Crippen LogP contribution in [0.25, 0.3) is 0 Å². The molecule has 2 aliphatic heterocycles. The van der Waals surface area contributed by atoms with E-state index in [0.717, 1.165) is 70.3 Å². The van der Waals surface area contributed by atoms with E-state index in [-0.39, 0.29) is 6.10 Å². The van der Waals surface area contributed by atoms with Crippen molar-refractivity contribution in [2.24, 2.45) is 0 Å². The van der Waals surface area contributed by atoms with E-state index in [1.54, 1.807) is 0 Å². The van der Waals surface area contributed by atoms with Crippen LogP contribution in [-0.2, 0) is 11.3 Å². The van der Waals surface area contributed by atoms with Gasteiger partial charge in [0.05, 0.1) is 19.3 Å². The summed E-state index contributed by atoms with van der Waals surface area (Å²) in [7, 11) is 0. The van der Waals surface area contributed by atoms with Gasteiger partial charge in [0.2, 0.25) is 5.95 Å². The Morgan fingerprint density at radius 1 is 1.20 bits per heavy atom. The summed E-state index contributed by atoms with van der Waals surface area (Å²) in [4.78, 5) is 13.3. The van der Waals surface area contributed by atoms with Crippen molar-refractivity contribution in [3.8, 4) is 0 Å². The van der Waals surface area contributed by atoms with Gasteiger partial charge in [0, 0.05) is 44.1 Å². The van der Waals surface area contributed by atoms with Crippen molar-refractivity contribution in [3.05, 3.63) is 18.0 Å². The van der Waals surface area contributed by atoms with Crippen molar-refractivity contribution in [1.82, 2.24) is 14.9 Å². The molecular weight excluding hydrogens is 256 g/mol. The Morgan fingerprint density at radius 2 is 1.95 bits per heavy atom. The van der Waals surface area contributed by atoms with Crippen LogP contribution in [0.2, 0.25) is 0 Å². The Hall–Kier alpha value is -1.24. The van der Waals surface area contributed by atoms with Crippen LogP contribution in [-0.4, -0.2) is 65.5 Å². The van der Waals surface area contributed by atoms with Gasteiger partial charge in [-0.1, -0.05) is 0 Å². The molecule has 1 atom stereocenters. The van der Waals surface area contributed by atoms with E-state index < -0.39 is 0 Å². The van der Waals surface area contributed by atoms with Gasteiger partial charge in [-0.05, 0) is 19.4 Å². The molecule has 2 fully saturated rings. The van der Waals surface area contributed by atoms with E-state index in [2.05, 4.69) is 19.8 Å². The SMILES string of the molecule is OC1CCCN(Cc2cnc(N3CCOCC3)nc2)C1. The molecule has 0 radical (unpaired) electrons. The number of anilines is 1. The first-order chi connectivity index (χ1) is 9.81. The molecule has 3 heterocycles. The monoisotopic (exact) mass is 278 g/mol. The van der Waals surface area contributed by atoms with Crippen LogP contribution in [0, 0.1) is 0 Å². The maximum atomic E-state index is 9.68. The van der Waals surface area contributed by atoms with E-state index in [4.69, 9.17) is 4.74 Å². The van der Waals surface area contributed by atoms with Crippen molar-refractivity contribution in [2.45, 2.75) is 25.5 Å². The normalized spacial score (nSPS) is 24.9. The van der Waals surface area contributed by atoms with Gasteiger partial charge in [-0.15, -0.1) is 0 Å². The fourth-order valence-corrected chi connectivity index (χ4v) is 2.79. The zero-order valence-electron chi connectivity index (χ0n) is 11.7. The number of morpholine rings is 1. The maximum Gasteiger partial charge on any atom is 0.225 e. The highest BCUT2D eigenvalue weighted by molar-refractivity contribution is 5.30. The zero-order valence-corrected chi connectivity index (χ0v) is 11.7. The molecule has 1 aromatic rings. The molecule has 3 rings (SSSR count). The Morgan fingerprint density at radius 3 is 2.65 bits per heavy atom. The predicted octanol–water partition coefficient (Wildman–Crippen LogP) is 0.270. The molecule has 1 aromatic heterocycles. The molecule has 0 amide bonds. The standard InChI is InChI=1S/C14H22N4O2/c19-13-2-1-3-17(11-13)10-12-8-15-14(16-9-12)18-4-6-20-7-5-18/h8-9,13,19H,1-7,10-11H2. The number of aliphatic hydroxyl groups is 1. The van der Waals surface area contributed by atoms with E-state index >= 15 is 0 Å². The second kappa shape index (κ2) is 6.47. The van der Waals surface area contributed by atoms with Gasteiger partial charge < -0.3 is 14.7 Å². The molecule has 2 saturated heterocycles. The molecule has 0 saturated carbocycles. The lowest BCUT2D eigenvalue weighted by atomic mass is 10.1. The highest BCUT2D eigenvalue weighted by Crippen LogP contribution is 2.14. The number of piperidine rings is 1. The van der Waals surface area contributed by atoms with Crippen molar-refractivity contribution in [2.75, 3.05) is 44.3 Å². The Kier molecular flexibility index (Phi) is 4.44. The molecule has 110 valence electrons. The Labute approximate surface area is 119 Å². The average Bonchev–Trinajstić information content (AvgIpc) is 2.49. The molecule has 20 heavy (non-hydrogen) atoms. The van der Waals surface area contributed by atoms with Gasteiger partial charge in [0.25, 0.3) is 0 Å². The van der Waals surface area contributed by atoms with E-state index in [0.29, 0.717) is 0 Å². The van der Waals surface area contributed by atoms with Gasteiger partial charge >= 0.3 is 0 Å². The van der Waals surface area contributed by atoms with Gasteiger partial charge in [-0.25, -0.2) is 9.97 Å². The van der Waals surface area contributed by atoms with Gasteiger partial charge in [0.1, 0.15) is 0 Å². The third kappa shape index (κ3) is 3.45. The first kappa shape index (κ1) is 13.7. The fraction of sp³-hybridized carbons (Fsp3) is 0.714. The van der Waals surface area contributed by atoms with Crippen LogP contribution in [0.1, 0.15) is 18.4 Å². The van der Waals surface area contributed by atoms with E-state index in [1.165, 1.54) is 0 Å². The first-order valence-electron chi connectivity index (χ1n) is 7.35. The molecule has 6 heteroatoms. The van der Waals surface area contributed by atoms with E-state index in [9.17, 15) is 5.11 Å². The maximum absolute atomic E-state index is 9.68. The van der Waals surface area contributed by atoms with Crippen LogP contribution in [0.3, 0.4) is 0 Å². The highest BCUT2D eigenvalue weighted by atomic mass is 16.5. The molecule has 0 aliphatic carbocycles. The lowest BCUT2D eigenvalue weighted by molar-refractivity contribution is 0.0667. The summed E-state index contributed by atoms with van der Waals surface area (Å²) in [5.74, 6) is 0.788. The highest BCUT2D eigenvalue weighted by Gasteiger charge is 2.18. The number of aromatic nitrogens is 2. The van der Waals surface area contributed by atoms with E-state index in [1.807, 2.05) is 12.4 Å². The number of hydrogen-bond acceptors (Lipinski definition) is 6. The lowest BCUT2D eigenvalue weighted by Crippen LogP contribution is -2.38. The number of ether oxygens (including phenoxy) is 1. The molecule has 6 nitrogen and oxygen atoms in total. The topological polar surface area (TPSA) is 61.7 Å². The Balaban J connectivity index is 1.58.